The summed E-state index contributed by atoms with van der Waals surface area (Å²) in [6, 6.07) is 14.7. The Morgan fingerprint density at radius 1 is 0.944 bits per heavy atom. The van der Waals surface area contributed by atoms with Crippen LogP contribution in [0.5, 0.6) is 0 Å². The van der Waals surface area contributed by atoms with Crippen molar-refractivity contribution in [1.82, 2.24) is 0 Å². The number of rotatable bonds is 4. The number of hydrogen-bond acceptors (Lipinski definition) is 3. The van der Waals surface area contributed by atoms with Gasteiger partial charge >= 0.3 is 0 Å². The average molecular weight is 258 g/mol. The van der Waals surface area contributed by atoms with Crippen molar-refractivity contribution in [2.75, 3.05) is 12.0 Å². The van der Waals surface area contributed by atoms with E-state index in [2.05, 4.69) is 36.4 Å². The average Bonchev–Trinajstić information content (AvgIpc) is 2.42. The highest BCUT2D eigenvalue weighted by molar-refractivity contribution is 7.98. The molecule has 0 saturated heterocycles. The number of hydrogen-bond donors (Lipinski definition) is 2. The summed E-state index contributed by atoms with van der Waals surface area (Å²) in [7, 11) is 0. The van der Waals surface area contributed by atoms with Crippen LogP contribution in [0.1, 0.15) is 16.7 Å². The van der Waals surface area contributed by atoms with E-state index in [0.29, 0.717) is 6.54 Å². The van der Waals surface area contributed by atoms with Crippen molar-refractivity contribution in [3.8, 4) is 0 Å². The van der Waals surface area contributed by atoms with Gasteiger partial charge in [0.1, 0.15) is 0 Å². The van der Waals surface area contributed by atoms with Crippen LogP contribution >= 0.6 is 11.8 Å². The molecule has 0 fully saturated rings. The fourth-order valence-corrected chi connectivity index (χ4v) is 2.47. The number of nitrogen functional groups attached to an aromatic ring is 1. The van der Waals surface area contributed by atoms with E-state index >= 15 is 0 Å². The summed E-state index contributed by atoms with van der Waals surface area (Å²) in [6.45, 7) is 0.596. The molecule has 0 aromatic heterocycles. The maximum atomic E-state index is 5.90. The van der Waals surface area contributed by atoms with E-state index < -0.39 is 0 Å². The number of thioether (sulfide) groups is 1. The van der Waals surface area contributed by atoms with Gasteiger partial charge in [0.05, 0.1) is 0 Å². The van der Waals surface area contributed by atoms with Crippen LogP contribution in [0.4, 0.5) is 5.69 Å². The lowest BCUT2D eigenvalue weighted by atomic mass is 10.0. The second-order valence-electron chi connectivity index (χ2n) is 4.27. The summed E-state index contributed by atoms with van der Waals surface area (Å²) in [5, 5.41) is 0. The van der Waals surface area contributed by atoms with Gasteiger partial charge < -0.3 is 11.5 Å². The zero-order valence-corrected chi connectivity index (χ0v) is 11.3. The summed E-state index contributed by atoms with van der Waals surface area (Å²) in [5.74, 6) is 0. The highest BCUT2D eigenvalue weighted by Gasteiger charge is 2.01. The largest absolute Gasteiger partial charge is 0.398 e. The molecular weight excluding hydrogens is 240 g/mol. The number of anilines is 1. The molecule has 0 amide bonds. The molecule has 0 saturated carbocycles. The molecule has 2 aromatic carbocycles. The highest BCUT2D eigenvalue weighted by Crippen LogP contribution is 2.25. The van der Waals surface area contributed by atoms with Crippen LogP contribution in [-0.2, 0) is 13.0 Å². The van der Waals surface area contributed by atoms with Crippen LogP contribution in [0.25, 0.3) is 0 Å². The van der Waals surface area contributed by atoms with Crippen molar-refractivity contribution >= 4 is 17.4 Å². The first-order valence-electron chi connectivity index (χ1n) is 5.93. The molecule has 94 valence electrons. The number of benzene rings is 2. The maximum absolute atomic E-state index is 5.90. The minimum absolute atomic E-state index is 0.596. The predicted octanol–water partition coefficient (Wildman–Crippen LogP) is 3.04. The Morgan fingerprint density at radius 2 is 1.56 bits per heavy atom. The van der Waals surface area contributed by atoms with Crippen molar-refractivity contribution in [2.45, 2.75) is 17.9 Å². The molecule has 0 unspecified atom stereocenters. The van der Waals surface area contributed by atoms with Crippen LogP contribution in [-0.4, -0.2) is 6.26 Å². The third kappa shape index (κ3) is 3.06. The molecule has 0 aliphatic rings. The lowest BCUT2D eigenvalue weighted by molar-refractivity contribution is 1.06. The number of nitrogens with two attached hydrogens (primary N) is 2. The van der Waals surface area contributed by atoms with Gasteiger partial charge in [-0.25, -0.2) is 0 Å². The molecule has 2 rings (SSSR count). The van der Waals surface area contributed by atoms with Gasteiger partial charge in [0.2, 0.25) is 0 Å². The van der Waals surface area contributed by atoms with Crippen LogP contribution in [0, 0.1) is 0 Å². The molecule has 3 heteroatoms. The summed E-state index contributed by atoms with van der Waals surface area (Å²) >= 11 is 1.68. The molecule has 0 aliphatic carbocycles. The van der Waals surface area contributed by atoms with E-state index in [1.54, 1.807) is 11.8 Å². The van der Waals surface area contributed by atoms with Crippen molar-refractivity contribution in [3.05, 3.63) is 59.2 Å². The van der Waals surface area contributed by atoms with E-state index in [4.69, 9.17) is 11.5 Å². The van der Waals surface area contributed by atoms with Gasteiger partial charge in [-0.2, -0.15) is 0 Å². The molecule has 0 radical (unpaired) electrons. The molecule has 0 bridgehead atoms. The minimum atomic E-state index is 0.596. The molecule has 0 heterocycles. The van der Waals surface area contributed by atoms with Crippen LogP contribution in [0.15, 0.2) is 47.4 Å². The molecule has 4 N–H and O–H groups in total. The Balaban J connectivity index is 2.17. The Morgan fingerprint density at radius 3 is 2.17 bits per heavy atom. The third-order valence-electron chi connectivity index (χ3n) is 2.96. The molecular formula is C15H18N2S. The van der Waals surface area contributed by atoms with Gasteiger partial charge in [0.15, 0.2) is 0 Å². The van der Waals surface area contributed by atoms with Crippen LogP contribution in [0.3, 0.4) is 0 Å². The summed E-state index contributed by atoms with van der Waals surface area (Å²) in [6.07, 6.45) is 2.98. The molecule has 0 aliphatic heterocycles. The van der Waals surface area contributed by atoms with Gasteiger partial charge in [0.25, 0.3) is 0 Å². The smallest absolute Gasteiger partial charge is 0.0452 e. The van der Waals surface area contributed by atoms with Crippen LogP contribution < -0.4 is 11.5 Å². The standard InChI is InChI=1S/C15H18N2S/c1-18-15-9-13(6-7-14(15)17)8-11-2-4-12(10-16)5-3-11/h2-7,9H,8,10,16-17H2,1H3. The minimum Gasteiger partial charge on any atom is -0.398 e. The Bertz CT molecular complexity index is 521. The maximum Gasteiger partial charge on any atom is 0.0452 e. The summed E-state index contributed by atoms with van der Waals surface area (Å²) < 4.78 is 0. The zero-order chi connectivity index (χ0) is 13.0. The Kier molecular flexibility index (Phi) is 4.28. The first-order valence-corrected chi connectivity index (χ1v) is 7.15. The topological polar surface area (TPSA) is 52.0 Å². The van der Waals surface area contributed by atoms with E-state index in [-0.39, 0.29) is 0 Å². The van der Waals surface area contributed by atoms with E-state index in [1.165, 1.54) is 16.7 Å². The predicted molar refractivity (Wildman–Crippen MR) is 79.8 cm³/mol. The fraction of sp³-hybridized carbons (Fsp3) is 0.200. The summed E-state index contributed by atoms with van der Waals surface area (Å²) in [5.41, 5.74) is 16.1. The molecule has 0 atom stereocenters. The van der Waals surface area contributed by atoms with Gasteiger partial charge in [-0.15, -0.1) is 11.8 Å². The van der Waals surface area contributed by atoms with Crippen molar-refractivity contribution in [3.63, 3.8) is 0 Å². The van der Waals surface area contributed by atoms with Crippen molar-refractivity contribution < 1.29 is 0 Å². The third-order valence-corrected chi connectivity index (χ3v) is 3.76. The SMILES string of the molecule is CSc1cc(Cc2ccc(CN)cc2)ccc1N. The van der Waals surface area contributed by atoms with Gasteiger partial charge in [-0.1, -0.05) is 30.3 Å². The van der Waals surface area contributed by atoms with Crippen molar-refractivity contribution in [2.24, 2.45) is 5.73 Å². The van der Waals surface area contributed by atoms with E-state index in [0.717, 1.165) is 17.0 Å². The fourth-order valence-electron chi connectivity index (χ4n) is 1.89. The highest BCUT2D eigenvalue weighted by atomic mass is 32.2. The molecule has 2 nitrogen and oxygen atoms in total. The van der Waals surface area contributed by atoms with Crippen molar-refractivity contribution in [1.29, 1.82) is 0 Å². The van der Waals surface area contributed by atoms with Gasteiger partial charge in [0, 0.05) is 17.1 Å². The summed E-state index contributed by atoms with van der Waals surface area (Å²) in [4.78, 5) is 1.14. The first-order chi connectivity index (χ1) is 8.72. The first kappa shape index (κ1) is 13.0. The second kappa shape index (κ2) is 5.94. The van der Waals surface area contributed by atoms with E-state index in [1.807, 2.05) is 12.3 Å². The zero-order valence-electron chi connectivity index (χ0n) is 10.5. The molecule has 2 aromatic rings. The normalized spacial score (nSPS) is 10.6. The lowest BCUT2D eigenvalue weighted by Gasteiger charge is -2.07. The lowest BCUT2D eigenvalue weighted by Crippen LogP contribution is -1.97. The Labute approximate surface area is 112 Å². The monoisotopic (exact) mass is 258 g/mol. The molecule has 18 heavy (non-hydrogen) atoms. The van der Waals surface area contributed by atoms with Gasteiger partial charge in [-0.05, 0) is 41.5 Å². The van der Waals surface area contributed by atoms with E-state index in [9.17, 15) is 0 Å². The van der Waals surface area contributed by atoms with Gasteiger partial charge in [-0.3, -0.25) is 0 Å². The molecule has 0 spiro atoms. The second-order valence-corrected chi connectivity index (χ2v) is 5.12. The Hall–Kier alpha value is -1.45. The van der Waals surface area contributed by atoms with Crippen LogP contribution in [0.2, 0.25) is 0 Å². The quantitative estimate of drug-likeness (QED) is 0.654.